The van der Waals surface area contributed by atoms with Gasteiger partial charge in [0.1, 0.15) is 0 Å². The normalized spacial score (nSPS) is 18.1. The second kappa shape index (κ2) is 6.80. The molecule has 1 rings (SSSR count). The highest BCUT2D eigenvalue weighted by atomic mass is 16.5. The lowest BCUT2D eigenvalue weighted by molar-refractivity contribution is -0.131. The average Bonchev–Trinajstić information content (AvgIpc) is 2.76. The van der Waals surface area contributed by atoms with Crippen molar-refractivity contribution < 1.29 is 9.53 Å². The number of carbonyl (C=O) groups is 1. The molecule has 1 aliphatic heterocycles. The minimum Gasteiger partial charge on any atom is -0.385 e. The molecule has 15 heavy (non-hydrogen) atoms. The first-order valence-electron chi connectivity index (χ1n) is 5.77. The number of likely N-dealkylation sites (tertiary alicyclic amines) is 1. The van der Waals surface area contributed by atoms with Crippen LogP contribution in [-0.2, 0) is 9.53 Å². The van der Waals surface area contributed by atoms with Gasteiger partial charge < -0.3 is 15.0 Å². The Morgan fingerprint density at radius 2 is 2.13 bits per heavy atom. The minimum atomic E-state index is -0.0556. The van der Waals surface area contributed by atoms with Crippen molar-refractivity contribution in [3.05, 3.63) is 0 Å². The lowest BCUT2D eigenvalue weighted by atomic mass is 10.3. The van der Waals surface area contributed by atoms with E-state index in [0.717, 1.165) is 45.5 Å². The number of methoxy groups -OCH3 is 1. The maximum absolute atomic E-state index is 11.8. The molecule has 1 unspecified atom stereocenters. The molecule has 1 amide bonds. The van der Waals surface area contributed by atoms with Crippen LogP contribution in [0.25, 0.3) is 0 Å². The van der Waals surface area contributed by atoms with Crippen molar-refractivity contribution in [2.24, 2.45) is 0 Å². The lowest BCUT2D eigenvalue weighted by Gasteiger charge is -2.21. The van der Waals surface area contributed by atoms with Gasteiger partial charge >= 0.3 is 0 Å². The highest BCUT2D eigenvalue weighted by molar-refractivity contribution is 5.81. The number of hydrogen-bond acceptors (Lipinski definition) is 3. The fourth-order valence-electron chi connectivity index (χ4n) is 1.83. The van der Waals surface area contributed by atoms with Gasteiger partial charge in [-0.2, -0.15) is 0 Å². The molecule has 88 valence electrons. The molecular formula is C11H22N2O2. The first kappa shape index (κ1) is 12.5. The molecule has 0 aromatic rings. The van der Waals surface area contributed by atoms with Crippen molar-refractivity contribution in [2.75, 3.05) is 33.4 Å². The van der Waals surface area contributed by atoms with Crippen molar-refractivity contribution in [1.29, 1.82) is 0 Å². The second-order valence-corrected chi connectivity index (χ2v) is 4.05. The van der Waals surface area contributed by atoms with E-state index in [9.17, 15) is 4.79 Å². The zero-order chi connectivity index (χ0) is 11.1. The largest absolute Gasteiger partial charge is 0.385 e. The molecule has 0 bridgehead atoms. The van der Waals surface area contributed by atoms with E-state index in [1.807, 2.05) is 11.8 Å². The SMILES string of the molecule is COCCCNC(C)C(=O)N1CCCC1. The molecule has 0 aromatic heterocycles. The van der Waals surface area contributed by atoms with Crippen LogP contribution in [0.1, 0.15) is 26.2 Å². The smallest absolute Gasteiger partial charge is 0.239 e. The third-order valence-corrected chi connectivity index (χ3v) is 2.76. The molecule has 1 heterocycles. The summed E-state index contributed by atoms with van der Waals surface area (Å²) in [6.45, 7) is 5.39. The molecule has 0 aromatic carbocycles. The predicted octanol–water partition coefficient (Wildman–Crippen LogP) is 0.623. The highest BCUT2D eigenvalue weighted by Gasteiger charge is 2.22. The van der Waals surface area contributed by atoms with E-state index >= 15 is 0 Å². The predicted molar refractivity (Wildman–Crippen MR) is 59.8 cm³/mol. The third kappa shape index (κ3) is 4.18. The molecule has 4 heteroatoms. The second-order valence-electron chi connectivity index (χ2n) is 4.05. The van der Waals surface area contributed by atoms with Crippen LogP contribution in [0, 0.1) is 0 Å². The Morgan fingerprint density at radius 3 is 2.73 bits per heavy atom. The van der Waals surface area contributed by atoms with Gasteiger partial charge in [0.25, 0.3) is 0 Å². The van der Waals surface area contributed by atoms with E-state index in [2.05, 4.69) is 5.32 Å². The van der Waals surface area contributed by atoms with E-state index in [0.29, 0.717) is 0 Å². The van der Waals surface area contributed by atoms with Crippen LogP contribution in [0.5, 0.6) is 0 Å². The number of ether oxygens (including phenoxy) is 1. The fourth-order valence-corrected chi connectivity index (χ4v) is 1.83. The number of nitrogens with zero attached hydrogens (tertiary/aromatic N) is 1. The average molecular weight is 214 g/mol. The topological polar surface area (TPSA) is 41.6 Å². The van der Waals surface area contributed by atoms with Gasteiger partial charge in [-0.15, -0.1) is 0 Å². The molecule has 1 aliphatic rings. The Labute approximate surface area is 92.0 Å². The summed E-state index contributed by atoms with van der Waals surface area (Å²) in [5, 5.41) is 3.22. The first-order valence-corrected chi connectivity index (χ1v) is 5.77. The van der Waals surface area contributed by atoms with E-state index < -0.39 is 0 Å². The van der Waals surface area contributed by atoms with Gasteiger partial charge in [0.15, 0.2) is 0 Å². The summed E-state index contributed by atoms with van der Waals surface area (Å²) in [6.07, 6.45) is 3.26. The molecular weight excluding hydrogens is 192 g/mol. The summed E-state index contributed by atoms with van der Waals surface area (Å²) in [4.78, 5) is 13.8. The van der Waals surface area contributed by atoms with Crippen LogP contribution in [0.15, 0.2) is 0 Å². The van der Waals surface area contributed by atoms with Gasteiger partial charge in [-0.25, -0.2) is 0 Å². The van der Waals surface area contributed by atoms with Gasteiger partial charge in [-0.3, -0.25) is 4.79 Å². The van der Waals surface area contributed by atoms with Gasteiger partial charge in [-0.1, -0.05) is 0 Å². The lowest BCUT2D eigenvalue weighted by Crippen LogP contribution is -2.44. The summed E-state index contributed by atoms with van der Waals surface area (Å²) in [5.74, 6) is 0.241. The Morgan fingerprint density at radius 1 is 1.47 bits per heavy atom. The van der Waals surface area contributed by atoms with Crippen LogP contribution in [0.3, 0.4) is 0 Å². The Bertz CT molecular complexity index is 191. The summed E-state index contributed by atoms with van der Waals surface area (Å²) in [7, 11) is 1.69. The zero-order valence-corrected chi connectivity index (χ0v) is 9.79. The fraction of sp³-hybridized carbons (Fsp3) is 0.909. The van der Waals surface area contributed by atoms with Gasteiger partial charge in [-0.05, 0) is 32.7 Å². The molecule has 4 nitrogen and oxygen atoms in total. The van der Waals surface area contributed by atoms with Crippen molar-refractivity contribution in [1.82, 2.24) is 10.2 Å². The van der Waals surface area contributed by atoms with Crippen LogP contribution < -0.4 is 5.32 Å². The van der Waals surface area contributed by atoms with E-state index in [1.165, 1.54) is 0 Å². The van der Waals surface area contributed by atoms with Crippen molar-refractivity contribution in [3.63, 3.8) is 0 Å². The first-order chi connectivity index (χ1) is 7.25. The molecule has 1 saturated heterocycles. The Balaban J connectivity index is 2.14. The standard InChI is InChI=1S/C11H22N2O2/c1-10(12-6-5-9-15-2)11(14)13-7-3-4-8-13/h10,12H,3-9H2,1-2H3. The Kier molecular flexibility index (Phi) is 5.65. The van der Waals surface area contributed by atoms with Crippen molar-refractivity contribution in [3.8, 4) is 0 Å². The molecule has 0 aliphatic carbocycles. The van der Waals surface area contributed by atoms with Crippen LogP contribution in [0.2, 0.25) is 0 Å². The highest BCUT2D eigenvalue weighted by Crippen LogP contribution is 2.08. The minimum absolute atomic E-state index is 0.0556. The zero-order valence-electron chi connectivity index (χ0n) is 9.79. The number of nitrogens with one attached hydrogen (secondary N) is 1. The number of hydrogen-bond donors (Lipinski definition) is 1. The summed E-state index contributed by atoms with van der Waals surface area (Å²) in [6, 6.07) is -0.0556. The van der Waals surface area contributed by atoms with Crippen LogP contribution in [-0.4, -0.2) is 50.2 Å². The summed E-state index contributed by atoms with van der Waals surface area (Å²) in [5.41, 5.74) is 0. The third-order valence-electron chi connectivity index (χ3n) is 2.76. The molecule has 1 N–H and O–H groups in total. The van der Waals surface area contributed by atoms with Gasteiger partial charge in [0, 0.05) is 26.8 Å². The van der Waals surface area contributed by atoms with Gasteiger partial charge in [0.05, 0.1) is 6.04 Å². The number of amides is 1. The van der Waals surface area contributed by atoms with E-state index in [4.69, 9.17) is 4.74 Å². The van der Waals surface area contributed by atoms with E-state index in [-0.39, 0.29) is 11.9 Å². The van der Waals surface area contributed by atoms with Crippen molar-refractivity contribution >= 4 is 5.91 Å². The van der Waals surface area contributed by atoms with Gasteiger partial charge in [0.2, 0.25) is 5.91 Å². The maximum atomic E-state index is 11.8. The van der Waals surface area contributed by atoms with Crippen LogP contribution in [0.4, 0.5) is 0 Å². The molecule has 0 saturated carbocycles. The number of rotatable bonds is 6. The maximum Gasteiger partial charge on any atom is 0.239 e. The molecule has 1 fully saturated rings. The summed E-state index contributed by atoms with van der Waals surface area (Å²) < 4.78 is 4.95. The Hall–Kier alpha value is -0.610. The number of carbonyl (C=O) groups excluding carboxylic acids is 1. The van der Waals surface area contributed by atoms with Crippen LogP contribution >= 0.6 is 0 Å². The molecule has 0 radical (unpaired) electrons. The van der Waals surface area contributed by atoms with Crippen molar-refractivity contribution in [2.45, 2.75) is 32.2 Å². The molecule has 1 atom stereocenters. The monoisotopic (exact) mass is 214 g/mol. The molecule has 0 spiro atoms. The summed E-state index contributed by atoms with van der Waals surface area (Å²) >= 11 is 0. The van der Waals surface area contributed by atoms with E-state index in [1.54, 1.807) is 7.11 Å². The quantitative estimate of drug-likeness (QED) is 0.659.